The van der Waals surface area contributed by atoms with E-state index in [1.165, 1.54) is 12.1 Å². The lowest BCUT2D eigenvalue weighted by Gasteiger charge is -1.98. The fraction of sp³-hybridized carbons (Fsp3) is 0.273. The first-order chi connectivity index (χ1) is 7.65. The number of aromatic amines is 1. The Hall–Kier alpha value is -1.91. The quantitative estimate of drug-likeness (QED) is 0.829. The third-order valence-corrected chi connectivity index (χ3v) is 2.29. The van der Waals surface area contributed by atoms with E-state index < -0.39 is 5.97 Å². The number of carbonyl (C=O) groups excluding carboxylic acids is 1. The van der Waals surface area contributed by atoms with Gasteiger partial charge in [0.15, 0.2) is 0 Å². The Balaban J connectivity index is 2.10. The Bertz CT molecular complexity index is 522. The Morgan fingerprint density at radius 2 is 2.31 bits per heavy atom. The predicted octanol–water partition coefficient (Wildman–Crippen LogP) is 0.775. The number of carboxylic acid groups (broad SMARTS) is 1. The zero-order chi connectivity index (χ0) is 11.5. The van der Waals surface area contributed by atoms with E-state index in [0.29, 0.717) is 29.7 Å². The molecule has 0 spiro atoms. The molecule has 0 aliphatic carbocycles. The summed E-state index contributed by atoms with van der Waals surface area (Å²) >= 11 is 0. The number of H-pyrrole nitrogens is 1. The van der Waals surface area contributed by atoms with Crippen LogP contribution in [0.1, 0.15) is 18.7 Å². The molecule has 0 unspecified atom stereocenters. The van der Waals surface area contributed by atoms with E-state index in [1.807, 2.05) is 0 Å². The van der Waals surface area contributed by atoms with Gasteiger partial charge in [0.05, 0.1) is 11.0 Å². The van der Waals surface area contributed by atoms with Crippen LogP contribution in [0, 0.1) is 5.82 Å². The summed E-state index contributed by atoms with van der Waals surface area (Å²) in [5, 5.41) is 10.2. The number of nitrogens with one attached hydrogen (secondary N) is 1. The third kappa shape index (κ3) is 2.36. The Kier molecular flexibility index (Phi) is 2.85. The molecule has 2 rings (SSSR count). The number of aliphatic carboxylic acids is 1. The summed E-state index contributed by atoms with van der Waals surface area (Å²) in [6, 6.07) is 4.29. The first kappa shape index (κ1) is 10.6. The minimum Gasteiger partial charge on any atom is -0.550 e. The molecule has 1 N–H and O–H groups in total. The number of hydrogen-bond donors (Lipinski definition) is 1. The topological polar surface area (TPSA) is 68.8 Å². The van der Waals surface area contributed by atoms with Crippen molar-refractivity contribution in [3.05, 3.63) is 29.8 Å². The highest BCUT2D eigenvalue weighted by Gasteiger charge is 2.03. The molecule has 2 aromatic rings. The van der Waals surface area contributed by atoms with Crippen LogP contribution in [0.25, 0.3) is 11.0 Å². The van der Waals surface area contributed by atoms with Gasteiger partial charge in [-0.1, -0.05) is 0 Å². The molecule has 16 heavy (non-hydrogen) atoms. The van der Waals surface area contributed by atoms with Crippen LogP contribution in [0.15, 0.2) is 18.2 Å². The van der Waals surface area contributed by atoms with Gasteiger partial charge in [0.1, 0.15) is 11.6 Å². The van der Waals surface area contributed by atoms with Crippen molar-refractivity contribution in [1.29, 1.82) is 0 Å². The monoisotopic (exact) mass is 221 g/mol. The summed E-state index contributed by atoms with van der Waals surface area (Å²) in [6.07, 6.45) is 0.986. The van der Waals surface area contributed by atoms with E-state index in [4.69, 9.17) is 0 Å². The van der Waals surface area contributed by atoms with Crippen molar-refractivity contribution in [1.82, 2.24) is 9.97 Å². The molecule has 0 atom stereocenters. The molecule has 0 fully saturated rings. The van der Waals surface area contributed by atoms with Crippen LogP contribution < -0.4 is 5.11 Å². The van der Waals surface area contributed by atoms with Gasteiger partial charge in [0.2, 0.25) is 0 Å². The van der Waals surface area contributed by atoms with Crippen LogP contribution in [0.4, 0.5) is 4.39 Å². The van der Waals surface area contributed by atoms with E-state index in [0.717, 1.165) is 0 Å². The highest BCUT2D eigenvalue weighted by atomic mass is 19.1. The molecule has 0 aliphatic rings. The fourth-order valence-electron chi connectivity index (χ4n) is 1.55. The molecule has 1 aromatic carbocycles. The van der Waals surface area contributed by atoms with Crippen LogP contribution in [0.5, 0.6) is 0 Å². The van der Waals surface area contributed by atoms with Crippen molar-refractivity contribution in [2.45, 2.75) is 19.3 Å². The zero-order valence-corrected chi connectivity index (χ0v) is 8.50. The van der Waals surface area contributed by atoms with Gasteiger partial charge in [-0.3, -0.25) is 0 Å². The minimum atomic E-state index is -1.07. The molecule has 0 saturated carbocycles. The average molecular weight is 221 g/mol. The summed E-state index contributed by atoms with van der Waals surface area (Å²) in [4.78, 5) is 17.4. The Morgan fingerprint density at radius 1 is 1.50 bits per heavy atom. The smallest absolute Gasteiger partial charge is 0.125 e. The summed E-state index contributed by atoms with van der Waals surface area (Å²) in [5.41, 5.74) is 1.31. The average Bonchev–Trinajstić information content (AvgIpc) is 2.58. The molecule has 0 radical (unpaired) electrons. The van der Waals surface area contributed by atoms with Crippen molar-refractivity contribution in [3.8, 4) is 0 Å². The maximum atomic E-state index is 12.9. The van der Waals surface area contributed by atoms with Crippen molar-refractivity contribution < 1.29 is 14.3 Å². The molecule has 1 heterocycles. The van der Waals surface area contributed by atoms with Gasteiger partial charge in [0.25, 0.3) is 0 Å². The van der Waals surface area contributed by atoms with Crippen LogP contribution in [-0.2, 0) is 11.2 Å². The number of carbonyl (C=O) groups is 1. The summed E-state index contributed by atoms with van der Waals surface area (Å²) in [7, 11) is 0. The number of hydrogen-bond acceptors (Lipinski definition) is 3. The zero-order valence-electron chi connectivity index (χ0n) is 8.50. The number of benzene rings is 1. The molecular formula is C11H10FN2O2-. The number of imidazole rings is 1. The van der Waals surface area contributed by atoms with E-state index >= 15 is 0 Å². The number of aryl methyl sites for hydroxylation is 1. The van der Waals surface area contributed by atoms with Gasteiger partial charge >= 0.3 is 0 Å². The number of rotatable bonds is 4. The van der Waals surface area contributed by atoms with Crippen LogP contribution in [-0.4, -0.2) is 15.9 Å². The number of nitrogens with zero attached hydrogens (tertiary/aromatic N) is 1. The second kappa shape index (κ2) is 4.30. The number of aromatic nitrogens is 2. The first-order valence-corrected chi connectivity index (χ1v) is 4.99. The molecule has 1 aromatic heterocycles. The largest absolute Gasteiger partial charge is 0.550 e. The predicted molar refractivity (Wildman–Crippen MR) is 54.0 cm³/mol. The molecule has 0 aliphatic heterocycles. The van der Waals surface area contributed by atoms with Gasteiger partial charge in [0, 0.05) is 12.4 Å². The lowest BCUT2D eigenvalue weighted by Crippen LogP contribution is -2.21. The van der Waals surface area contributed by atoms with Gasteiger partial charge < -0.3 is 14.9 Å². The van der Waals surface area contributed by atoms with E-state index in [9.17, 15) is 14.3 Å². The first-order valence-electron chi connectivity index (χ1n) is 4.99. The third-order valence-electron chi connectivity index (χ3n) is 2.29. The molecule has 0 amide bonds. The van der Waals surface area contributed by atoms with Gasteiger partial charge in [-0.25, -0.2) is 9.37 Å². The van der Waals surface area contributed by atoms with Crippen LogP contribution in [0.2, 0.25) is 0 Å². The van der Waals surface area contributed by atoms with Crippen LogP contribution >= 0.6 is 0 Å². The molecule has 0 saturated heterocycles. The molecule has 84 valence electrons. The Morgan fingerprint density at radius 3 is 3.06 bits per heavy atom. The Labute approximate surface area is 91.1 Å². The van der Waals surface area contributed by atoms with E-state index in [2.05, 4.69) is 9.97 Å². The van der Waals surface area contributed by atoms with Crippen molar-refractivity contribution in [3.63, 3.8) is 0 Å². The maximum absolute atomic E-state index is 12.9. The second-order valence-electron chi connectivity index (χ2n) is 3.57. The highest BCUT2D eigenvalue weighted by Crippen LogP contribution is 2.13. The molecular weight excluding hydrogens is 211 g/mol. The summed E-state index contributed by atoms with van der Waals surface area (Å²) in [6.45, 7) is 0. The van der Waals surface area contributed by atoms with Crippen LogP contribution in [0.3, 0.4) is 0 Å². The number of fused-ring (bicyclic) bond motifs is 1. The van der Waals surface area contributed by atoms with Gasteiger partial charge in [-0.15, -0.1) is 0 Å². The summed E-state index contributed by atoms with van der Waals surface area (Å²) in [5.74, 6) is -0.721. The normalized spacial score (nSPS) is 10.8. The second-order valence-corrected chi connectivity index (χ2v) is 3.57. The molecule has 0 bridgehead atoms. The van der Waals surface area contributed by atoms with Crippen molar-refractivity contribution >= 4 is 17.0 Å². The number of carboxylic acids is 1. The molecule has 5 heteroatoms. The van der Waals surface area contributed by atoms with Gasteiger partial charge in [-0.05, 0) is 31.0 Å². The SMILES string of the molecule is O=C([O-])CCCc1nc2ccc(F)cc2[nH]1. The highest BCUT2D eigenvalue weighted by molar-refractivity contribution is 5.74. The van der Waals surface area contributed by atoms with E-state index in [-0.39, 0.29) is 12.2 Å². The maximum Gasteiger partial charge on any atom is 0.125 e. The minimum absolute atomic E-state index is 0.00536. The lowest BCUT2D eigenvalue weighted by atomic mass is 10.2. The standard InChI is InChI=1S/C11H11FN2O2/c12-7-4-5-8-9(6-7)14-10(13-8)2-1-3-11(15)16/h4-6H,1-3H2,(H,13,14)(H,15,16)/p-1. The van der Waals surface area contributed by atoms with E-state index in [1.54, 1.807) is 6.07 Å². The lowest BCUT2D eigenvalue weighted by molar-refractivity contribution is -0.305. The fourth-order valence-corrected chi connectivity index (χ4v) is 1.55. The van der Waals surface area contributed by atoms with Gasteiger partial charge in [-0.2, -0.15) is 0 Å². The summed E-state index contributed by atoms with van der Waals surface area (Å²) < 4.78 is 12.9. The molecule has 4 nitrogen and oxygen atoms in total. The number of halogens is 1. The van der Waals surface area contributed by atoms with Crippen molar-refractivity contribution in [2.75, 3.05) is 0 Å². The van der Waals surface area contributed by atoms with Crippen molar-refractivity contribution in [2.24, 2.45) is 0 Å².